The van der Waals surface area contributed by atoms with Gasteiger partial charge in [0.2, 0.25) is 0 Å². The van der Waals surface area contributed by atoms with E-state index in [1.54, 1.807) is 0 Å². The highest BCUT2D eigenvalue weighted by Crippen LogP contribution is 2.16. The van der Waals surface area contributed by atoms with Gasteiger partial charge in [-0.3, -0.25) is 0 Å². The molecular formula is C20H30IN3O. The normalized spacial score (nSPS) is 11.2. The first-order valence-electron chi connectivity index (χ1n) is 8.91. The Labute approximate surface area is 168 Å². The molecule has 0 radical (unpaired) electrons. The summed E-state index contributed by atoms with van der Waals surface area (Å²) in [6.07, 6.45) is 2.16. The van der Waals surface area contributed by atoms with Gasteiger partial charge in [-0.2, -0.15) is 0 Å². The molecule has 2 aromatic carbocycles. The van der Waals surface area contributed by atoms with Crippen LogP contribution in [0.5, 0.6) is 0 Å². The number of ether oxygens (including phenoxy) is 1. The van der Waals surface area contributed by atoms with E-state index in [9.17, 15) is 0 Å². The molecule has 0 spiro atoms. The highest BCUT2D eigenvalue weighted by molar-refractivity contribution is 14.0. The molecule has 2 rings (SSSR count). The van der Waals surface area contributed by atoms with Crippen molar-refractivity contribution < 1.29 is 4.74 Å². The second kappa shape index (κ2) is 12.9. The van der Waals surface area contributed by atoms with E-state index in [-0.39, 0.29) is 24.0 Å². The van der Waals surface area contributed by atoms with Gasteiger partial charge in [-0.05, 0) is 49.1 Å². The summed E-state index contributed by atoms with van der Waals surface area (Å²) in [5.41, 5.74) is 1.22. The summed E-state index contributed by atoms with van der Waals surface area (Å²) in [6, 6.07) is 14.9. The van der Waals surface area contributed by atoms with Crippen LogP contribution >= 0.6 is 24.0 Å². The molecule has 0 aliphatic rings. The van der Waals surface area contributed by atoms with E-state index in [0.717, 1.165) is 45.1 Å². The fourth-order valence-electron chi connectivity index (χ4n) is 2.53. The number of unbranched alkanes of at least 4 members (excludes halogenated alkanes) is 1. The van der Waals surface area contributed by atoms with E-state index in [4.69, 9.17) is 4.74 Å². The molecule has 0 heterocycles. The summed E-state index contributed by atoms with van der Waals surface area (Å²) < 4.78 is 5.35. The number of benzene rings is 2. The maximum Gasteiger partial charge on any atom is 0.191 e. The topological polar surface area (TPSA) is 45.7 Å². The van der Waals surface area contributed by atoms with E-state index >= 15 is 0 Å². The van der Waals surface area contributed by atoms with Crippen LogP contribution in [-0.2, 0) is 11.3 Å². The van der Waals surface area contributed by atoms with Crippen LogP contribution in [0.1, 0.15) is 32.3 Å². The molecule has 2 N–H and O–H groups in total. The molecule has 138 valence electrons. The highest BCUT2D eigenvalue weighted by atomic mass is 127. The lowest BCUT2D eigenvalue weighted by atomic mass is 10.1. The fraction of sp³-hybridized carbons (Fsp3) is 0.450. The molecule has 0 unspecified atom stereocenters. The highest BCUT2D eigenvalue weighted by Gasteiger charge is 1.99. The Morgan fingerprint density at radius 3 is 2.56 bits per heavy atom. The monoisotopic (exact) mass is 455 g/mol. The number of guanidine groups is 1. The molecule has 0 saturated heterocycles. The molecule has 0 aliphatic carbocycles. The summed E-state index contributed by atoms with van der Waals surface area (Å²) in [4.78, 5) is 4.69. The number of rotatable bonds is 9. The van der Waals surface area contributed by atoms with Crippen molar-refractivity contribution in [2.75, 3.05) is 26.3 Å². The standard InChI is InChI=1S/C20H29N3O.HI/c1-3-21-20(22-13-7-8-14-24-4-2)23-16-17-11-12-18-9-5-6-10-19(18)15-17;/h5-6,9-12,15H,3-4,7-8,13-14,16H2,1-2H3,(H2,21,22,23);1H. The van der Waals surface area contributed by atoms with Crippen LogP contribution < -0.4 is 10.6 Å². The van der Waals surface area contributed by atoms with Crippen LogP contribution in [0.3, 0.4) is 0 Å². The van der Waals surface area contributed by atoms with Crippen molar-refractivity contribution in [2.24, 2.45) is 4.99 Å². The Morgan fingerprint density at radius 2 is 1.80 bits per heavy atom. The van der Waals surface area contributed by atoms with Gasteiger partial charge >= 0.3 is 0 Å². The molecule has 0 saturated carbocycles. The summed E-state index contributed by atoms with van der Waals surface area (Å²) in [5.74, 6) is 0.877. The zero-order chi connectivity index (χ0) is 17.0. The third kappa shape index (κ3) is 8.05. The van der Waals surface area contributed by atoms with Crippen LogP contribution in [0.2, 0.25) is 0 Å². The molecule has 25 heavy (non-hydrogen) atoms. The second-order valence-corrected chi connectivity index (χ2v) is 5.71. The zero-order valence-electron chi connectivity index (χ0n) is 15.3. The first-order valence-corrected chi connectivity index (χ1v) is 8.91. The predicted octanol–water partition coefficient (Wildman–Crippen LogP) is 4.33. The number of nitrogens with one attached hydrogen (secondary N) is 2. The Hall–Kier alpha value is -1.34. The lowest BCUT2D eigenvalue weighted by molar-refractivity contribution is 0.143. The molecular weight excluding hydrogens is 425 g/mol. The van der Waals surface area contributed by atoms with Gasteiger partial charge in [0.25, 0.3) is 0 Å². The van der Waals surface area contributed by atoms with Crippen molar-refractivity contribution in [1.29, 1.82) is 0 Å². The van der Waals surface area contributed by atoms with Crippen molar-refractivity contribution in [2.45, 2.75) is 33.2 Å². The van der Waals surface area contributed by atoms with Crippen LogP contribution in [0, 0.1) is 0 Å². The van der Waals surface area contributed by atoms with Gasteiger partial charge < -0.3 is 15.4 Å². The number of fused-ring (bicyclic) bond motifs is 1. The minimum absolute atomic E-state index is 0. The van der Waals surface area contributed by atoms with E-state index in [0.29, 0.717) is 6.54 Å². The molecule has 0 aromatic heterocycles. The lowest BCUT2D eigenvalue weighted by Crippen LogP contribution is -2.37. The molecule has 0 amide bonds. The average molecular weight is 455 g/mol. The predicted molar refractivity (Wildman–Crippen MR) is 118 cm³/mol. The second-order valence-electron chi connectivity index (χ2n) is 5.71. The fourth-order valence-corrected chi connectivity index (χ4v) is 2.53. The summed E-state index contributed by atoms with van der Waals surface area (Å²) >= 11 is 0. The molecule has 0 atom stereocenters. The van der Waals surface area contributed by atoms with Crippen LogP contribution in [0.25, 0.3) is 10.8 Å². The van der Waals surface area contributed by atoms with Gasteiger partial charge in [0.15, 0.2) is 5.96 Å². The van der Waals surface area contributed by atoms with Gasteiger partial charge in [0.1, 0.15) is 0 Å². The van der Waals surface area contributed by atoms with Crippen molar-refractivity contribution in [3.05, 3.63) is 48.0 Å². The summed E-state index contributed by atoms with van der Waals surface area (Å²) in [6.45, 7) is 8.20. The Kier molecular flexibility index (Phi) is 11.2. The van der Waals surface area contributed by atoms with Gasteiger partial charge in [0.05, 0.1) is 6.54 Å². The zero-order valence-corrected chi connectivity index (χ0v) is 17.6. The quantitative estimate of drug-likeness (QED) is 0.256. The molecule has 0 fully saturated rings. The Morgan fingerprint density at radius 1 is 1.00 bits per heavy atom. The maximum absolute atomic E-state index is 5.35. The van der Waals surface area contributed by atoms with E-state index in [2.05, 4.69) is 65.0 Å². The minimum Gasteiger partial charge on any atom is -0.382 e. The minimum atomic E-state index is 0. The van der Waals surface area contributed by atoms with E-state index < -0.39 is 0 Å². The average Bonchev–Trinajstić information content (AvgIpc) is 2.62. The van der Waals surface area contributed by atoms with Crippen molar-refractivity contribution in [1.82, 2.24) is 10.6 Å². The number of nitrogens with zero attached hydrogens (tertiary/aromatic N) is 1. The lowest BCUT2D eigenvalue weighted by Gasteiger charge is -2.11. The number of aliphatic imine (C=N–C) groups is 1. The smallest absolute Gasteiger partial charge is 0.191 e. The first kappa shape index (κ1) is 21.7. The first-order chi connectivity index (χ1) is 11.8. The molecule has 0 bridgehead atoms. The van der Waals surface area contributed by atoms with Gasteiger partial charge in [-0.25, -0.2) is 4.99 Å². The third-order valence-electron chi connectivity index (χ3n) is 3.79. The number of hydrogen-bond acceptors (Lipinski definition) is 2. The van der Waals surface area contributed by atoms with Gasteiger partial charge in [-0.1, -0.05) is 36.4 Å². The van der Waals surface area contributed by atoms with Crippen LogP contribution in [0.4, 0.5) is 0 Å². The van der Waals surface area contributed by atoms with Crippen LogP contribution in [-0.4, -0.2) is 32.3 Å². The number of halogens is 1. The third-order valence-corrected chi connectivity index (χ3v) is 3.79. The molecule has 5 heteroatoms. The SMILES string of the molecule is CCNC(=NCc1ccc2ccccc2c1)NCCCCOCC.I. The molecule has 4 nitrogen and oxygen atoms in total. The van der Waals surface area contributed by atoms with E-state index in [1.165, 1.54) is 16.3 Å². The molecule has 2 aromatic rings. The Balaban J connectivity index is 0.00000312. The largest absolute Gasteiger partial charge is 0.382 e. The van der Waals surface area contributed by atoms with Crippen molar-refractivity contribution in [3.8, 4) is 0 Å². The number of hydrogen-bond donors (Lipinski definition) is 2. The maximum atomic E-state index is 5.35. The summed E-state index contributed by atoms with van der Waals surface area (Å²) in [7, 11) is 0. The van der Waals surface area contributed by atoms with E-state index in [1.807, 2.05) is 6.92 Å². The Bertz CT molecular complexity index is 646. The van der Waals surface area contributed by atoms with Crippen molar-refractivity contribution >= 4 is 40.7 Å². The molecule has 0 aliphatic heterocycles. The summed E-state index contributed by atoms with van der Waals surface area (Å²) in [5, 5.41) is 9.22. The van der Waals surface area contributed by atoms with Gasteiger partial charge in [0, 0.05) is 26.3 Å². The van der Waals surface area contributed by atoms with Crippen molar-refractivity contribution in [3.63, 3.8) is 0 Å². The van der Waals surface area contributed by atoms with Crippen LogP contribution in [0.15, 0.2) is 47.5 Å². The van der Waals surface area contributed by atoms with Gasteiger partial charge in [-0.15, -0.1) is 24.0 Å².